The summed E-state index contributed by atoms with van der Waals surface area (Å²) in [6.45, 7) is 0. The van der Waals surface area contributed by atoms with Gasteiger partial charge in [0.15, 0.2) is 0 Å². The Bertz CT molecular complexity index is 300. The molecule has 0 heterocycles. The molecule has 78 valence electrons. The maximum atomic E-state index is 6.58. The molecule has 0 N–H and O–H groups in total. The van der Waals surface area contributed by atoms with Crippen LogP contribution >= 0.6 is 23.2 Å². The van der Waals surface area contributed by atoms with E-state index in [0.29, 0.717) is 11.8 Å². The lowest BCUT2D eigenvalue weighted by molar-refractivity contribution is -0.223. The van der Waals surface area contributed by atoms with Gasteiger partial charge in [-0.3, -0.25) is 0 Å². The zero-order chi connectivity index (χ0) is 10.2. The van der Waals surface area contributed by atoms with Gasteiger partial charge < -0.3 is 9.47 Å². The molecule has 4 unspecified atom stereocenters. The number of rotatable bonds is 2. The summed E-state index contributed by atoms with van der Waals surface area (Å²) in [5.74, 6) is -0.0606. The van der Waals surface area contributed by atoms with Gasteiger partial charge in [0.05, 0.1) is 0 Å². The average molecular weight is 235 g/mol. The van der Waals surface area contributed by atoms with E-state index in [1.54, 1.807) is 14.2 Å². The van der Waals surface area contributed by atoms with Gasteiger partial charge in [0.1, 0.15) is 9.75 Å². The molecule has 3 aliphatic carbocycles. The molecule has 2 fully saturated rings. The van der Waals surface area contributed by atoms with Crippen molar-refractivity contribution in [1.29, 1.82) is 0 Å². The standard InChI is InChI=1S/C10H12Cl2O2/c1-13-10(14-2)8(11)3-4-9(10,12)7-5-6(7)8/h3-4,6-7H,5H2,1-2H3. The first-order valence-electron chi connectivity index (χ1n) is 4.74. The van der Waals surface area contributed by atoms with Gasteiger partial charge in [0, 0.05) is 14.2 Å². The first-order valence-corrected chi connectivity index (χ1v) is 5.50. The molecule has 0 aromatic rings. The lowest BCUT2D eigenvalue weighted by atomic mass is 9.95. The van der Waals surface area contributed by atoms with Crippen molar-refractivity contribution >= 4 is 23.2 Å². The van der Waals surface area contributed by atoms with Crippen LogP contribution in [0.15, 0.2) is 12.2 Å². The quantitative estimate of drug-likeness (QED) is 0.414. The van der Waals surface area contributed by atoms with Crippen molar-refractivity contribution in [3.63, 3.8) is 0 Å². The average Bonchev–Trinajstić information content (AvgIpc) is 2.91. The van der Waals surface area contributed by atoms with Gasteiger partial charge in [-0.25, -0.2) is 0 Å². The highest BCUT2D eigenvalue weighted by molar-refractivity contribution is 6.34. The van der Waals surface area contributed by atoms with Crippen molar-refractivity contribution in [3.05, 3.63) is 12.2 Å². The zero-order valence-corrected chi connectivity index (χ0v) is 9.60. The fourth-order valence-corrected chi connectivity index (χ4v) is 4.60. The predicted molar refractivity (Wildman–Crippen MR) is 54.7 cm³/mol. The van der Waals surface area contributed by atoms with E-state index in [2.05, 4.69) is 0 Å². The van der Waals surface area contributed by atoms with Crippen molar-refractivity contribution in [2.24, 2.45) is 11.8 Å². The normalized spacial score (nSPS) is 56.3. The molecule has 0 aliphatic heterocycles. The molecule has 4 heteroatoms. The molecule has 4 atom stereocenters. The summed E-state index contributed by atoms with van der Waals surface area (Å²) in [5.41, 5.74) is 0. The second kappa shape index (κ2) is 2.32. The van der Waals surface area contributed by atoms with E-state index in [0.717, 1.165) is 6.42 Å². The first kappa shape index (κ1) is 9.46. The lowest BCUT2D eigenvalue weighted by Crippen LogP contribution is -2.57. The van der Waals surface area contributed by atoms with Crippen LogP contribution in [-0.4, -0.2) is 29.8 Å². The molecular weight excluding hydrogens is 223 g/mol. The Kier molecular flexibility index (Phi) is 1.57. The fourth-order valence-electron chi connectivity index (χ4n) is 3.32. The molecule has 0 radical (unpaired) electrons. The topological polar surface area (TPSA) is 18.5 Å². The van der Waals surface area contributed by atoms with Crippen molar-refractivity contribution < 1.29 is 9.47 Å². The van der Waals surface area contributed by atoms with Crippen LogP contribution in [0.3, 0.4) is 0 Å². The van der Waals surface area contributed by atoms with Crippen LogP contribution in [-0.2, 0) is 9.47 Å². The Morgan fingerprint density at radius 3 is 1.79 bits per heavy atom. The van der Waals surface area contributed by atoms with Crippen LogP contribution in [0.25, 0.3) is 0 Å². The minimum Gasteiger partial charge on any atom is -0.350 e. The SMILES string of the molecule is COC1(OC)C2(Cl)C=CC1(Cl)C1CC12. The first-order chi connectivity index (χ1) is 6.56. The van der Waals surface area contributed by atoms with Gasteiger partial charge in [-0.2, -0.15) is 0 Å². The number of hydrogen-bond donors (Lipinski definition) is 0. The highest BCUT2D eigenvalue weighted by Crippen LogP contribution is 2.76. The van der Waals surface area contributed by atoms with E-state index in [1.165, 1.54) is 0 Å². The van der Waals surface area contributed by atoms with Gasteiger partial charge in [0.25, 0.3) is 0 Å². The van der Waals surface area contributed by atoms with Gasteiger partial charge in [-0.1, -0.05) is 12.2 Å². The van der Waals surface area contributed by atoms with E-state index in [1.807, 2.05) is 12.2 Å². The number of fused-ring (bicyclic) bond motifs is 5. The van der Waals surface area contributed by atoms with E-state index in [-0.39, 0.29) is 0 Å². The van der Waals surface area contributed by atoms with Crippen LogP contribution in [0.5, 0.6) is 0 Å². The van der Waals surface area contributed by atoms with Crippen LogP contribution in [0, 0.1) is 11.8 Å². The largest absolute Gasteiger partial charge is 0.350 e. The molecule has 3 rings (SSSR count). The lowest BCUT2D eigenvalue weighted by Gasteiger charge is -2.42. The third-order valence-electron chi connectivity index (χ3n) is 4.02. The van der Waals surface area contributed by atoms with Crippen molar-refractivity contribution in [1.82, 2.24) is 0 Å². The number of methoxy groups -OCH3 is 2. The van der Waals surface area contributed by atoms with Gasteiger partial charge >= 0.3 is 0 Å². The summed E-state index contributed by atoms with van der Waals surface area (Å²) in [6, 6.07) is 0. The molecular formula is C10H12Cl2O2. The Hall–Kier alpha value is 0.240. The third kappa shape index (κ3) is 0.638. The number of hydrogen-bond acceptors (Lipinski definition) is 2. The molecule has 3 aliphatic rings. The highest BCUT2D eigenvalue weighted by atomic mass is 35.5. The maximum Gasteiger partial charge on any atom is 0.214 e. The zero-order valence-electron chi connectivity index (χ0n) is 8.09. The van der Waals surface area contributed by atoms with Crippen LogP contribution in [0.4, 0.5) is 0 Å². The summed E-state index contributed by atoms with van der Waals surface area (Å²) >= 11 is 13.2. The molecule has 0 spiro atoms. The van der Waals surface area contributed by atoms with Crippen LogP contribution < -0.4 is 0 Å². The molecule has 2 nitrogen and oxygen atoms in total. The number of halogens is 2. The molecule has 14 heavy (non-hydrogen) atoms. The highest BCUT2D eigenvalue weighted by Gasteiger charge is 2.84. The van der Waals surface area contributed by atoms with E-state index in [9.17, 15) is 0 Å². The van der Waals surface area contributed by atoms with Gasteiger partial charge in [0.2, 0.25) is 5.79 Å². The summed E-state index contributed by atoms with van der Waals surface area (Å²) in [6.07, 6.45) is 4.97. The molecule has 0 aromatic carbocycles. The summed E-state index contributed by atoms with van der Waals surface area (Å²) in [5, 5.41) is 0. The third-order valence-corrected chi connectivity index (χ3v) is 5.33. The fraction of sp³-hybridized carbons (Fsp3) is 0.800. The maximum absolute atomic E-state index is 6.58. The second-order valence-corrected chi connectivity index (χ2v) is 5.59. The van der Waals surface area contributed by atoms with Crippen LogP contribution in [0.1, 0.15) is 6.42 Å². The molecule has 0 amide bonds. The summed E-state index contributed by atoms with van der Waals surface area (Å²) in [4.78, 5) is -1.13. The molecule has 2 bridgehead atoms. The van der Waals surface area contributed by atoms with E-state index < -0.39 is 15.5 Å². The Morgan fingerprint density at radius 2 is 1.50 bits per heavy atom. The minimum absolute atomic E-state index is 0.409. The van der Waals surface area contributed by atoms with E-state index in [4.69, 9.17) is 32.7 Å². The predicted octanol–water partition coefficient (Wildman–Crippen LogP) is 2.15. The van der Waals surface area contributed by atoms with Crippen molar-refractivity contribution in [2.75, 3.05) is 14.2 Å². The van der Waals surface area contributed by atoms with Gasteiger partial charge in [-0.05, 0) is 18.3 Å². The van der Waals surface area contributed by atoms with Gasteiger partial charge in [-0.15, -0.1) is 23.2 Å². The molecule has 0 aromatic heterocycles. The van der Waals surface area contributed by atoms with Crippen LogP contribution in [0.2, 0.25) is 0 Å². The smallest absolute Gasteiger partial charge is 0.214 e. The summed E-state index contributed by atoms with van der Waals surface area (Å²) < 4.78 is 11.0. The number of alkyl halides is 2. The minimum atomic E-state index is -0.878. The second-order valence-electron chi connectivity index (χ2n) is 4.34. The Morgan fingerprint density at radius 1 is 1.07 bits per heavy atom. The van der Waals surface area contributed by atoms with Crippen molar-refractivity contribution in [2.45, 2.75) is 22.0 Å². The monoisotopic (exact) mass is 234 g/mol. The van der Waals surface area contributed by atoms with Crippen molar-refractivity contribution in [3.8, 4) is 0 Å². The molecule has 2 saturated carbocycles. The number of ether oxygens (including phenoxy) is 2. The van der Waals surface area contributed by atoms with E-state index >= 15 is 0 Å². The molecule has 0 saturated heterocycles. The Labute approximate surface area is 93.2 Å². The Balaban J connectivity index is 2.18. The summed E-state index contributed by atoms with van der Waals surface area (Å²) in [7, 11) is 3.21.